The van der Waals surface area contributed by atoms with Crippen LogP contribution in [0.1, 0.15) is 52.4 Å². The van der Waals surface area contributed by atoms with Gasteiger partial charge in [-0.25, -0.2) is 0 Å². The molecule has 1 aliphatic carbocycles. The lowest BCUT2D eigenvalue weighted by molar-refractivity contribution is -0.146. The van der Waals surface area contributed by atoms with E-state index in [1.807, 2.05) is 4.90 Å². The molecule has 1 heterocycles. The van der Waals surface area contributed by atoms with Gasteiger partial charge in [0.2, 0.25) is 5.91 Å². The highest BCUT2D eigenvalue weighted by atomic mass is 16.3. The molecular formula is C16H30N2O2. The molecule has 116 valence electrons. The quantitative estimate of drug-likeness (QED) is 0.808. The van der Waals surface area contributed by atoms with Gasteiger partial charge in [-0.3, -0.25) is 4.79 Å². The highest BCUT2D eigenvalue weighted by molar-refractivity contribution is 5.82. The molecule has 0 radical (unpaired) electrons. The van der Waals surface area contributed by atoms with Gasteiger partial charge in [-0.15, -0.1) is 0 Å². The van der Waals surface area contributed by atoms with Crippen molar-refractivity contribution in [2.45, 2.75) is 58.4 Å². The molecule has 2 fully saturated rings. The van der Waals surface area contributed by atoms with Crippen LogP contribution in [0.2, 0.25) is 0 Å². The molecule has 2 N–H and O–H groups in total. The molecule has 0 spiro atoms. The Morgan fingerprint density at radius 3 is 2.50 bits per heavy atom. The van der Waals surface area contributed by atoms with Crippen molar-refractivity contribution in [2.75, 3.05) is 26.2 Å². The Morgan fingerprint density at radius 2 is 1.95 bits per heavy atom. The molecule has 4 heteroatoms. The first-order chi connectivity index (χ1) is 9.57. The third-order valence-electron chi connectivity index (χ3n) is 5.24. The SMILES string of the molecule is CC(C)(C(=O)N(CCO)C1CCCC1)C1CCCNC1. The van der Waals surface area contributed by atoms with Crippen molar-refractivity contribution in [2.24, 2.45) is 11.3 Å². The summed E-state index contributed by atoms with van der Waals surface area (Å²) in [5.74, 6) is 0.651. The molecule has 1 amide bonds. The van der Waals surface area contributed by atoms with Crippen molar-refractivity contribution in [3.63, 3.8) is 0 Å². The summed E-state index contributed by atoms with van der Waals surface area (Å²) in [4.78, 5) is 15.0. The molecule has 20 heavy (non-hydrogen) atoms. The van der Waals surface area contributed by atoms with E-state index in [1.165, 1.54) is 12.8 Å². The second-order valence-corrected chi connectivity index (χ2v) is 6.93. The van der Waals surface area contributed by atoms with Gasteiger partial charge in [0.1, 0.15) is 0 Å². The zero-order valence-electron chi connectivity index (χ0n) is 13.0. The summed E-state index contributed by atoms with van der Waals surface area (Å²) in [7, 11) is 0. The third kappa shape index (κ3) is 3.34. The first kappa shape index (κ1) is 15.8. The minimum absolute atomic E-state index is 0.0707. The second-order valence-electron chi connectivity index (χ2n) is 6.93. The van der Waals surface area contributed by atoms with Gasteiger partial charge in [-0.2, -0.15) is 0 Å². The van der Waals surface area contributed by atoms with Gasteiger partial charge in [-0.1, -0.05) is 26.7 Å². The molecule has 1 saturated carbocycles. The van der Waals surface area contributed by atoms with Crippen molar-refractivity contribution in [1.29, 1.82) is 0 Å². The Kier molecular flexibility index (Phi) is 5.44. The second kappa shape index (κ2) is 6.90. The lowest BCUT2D eigenvalue weighted by atomic mass is 9.73. The van der Waals surface area contributed by atoms with Gasteiger partial charge in [0.05, 0.1) is 6.61 Å². The molecule has 1 saturated heterocycles. The van der Waals surface area contributed by atoms with Crippen LogP contribution in [-0.4, -0.2) is 48.2 Å². The van der Waals surface area contributed by atoms with Crippen LogP contribution in [0.3, 0.4) is 0 Å². The highest BCUT2D eigenvalue weighted by Crippen LogP contribution is 2.36. The predicted molar refractivity (Wildman–Crippen MR) is 80.4 cm³/mol. The lowest BCUT2D eigenvalue weighted by Gasteiger charge is -2.41. The van der Waals surface area contributed by atoms with Crippen LogP contribution < -0.4 is 5.32 Å². The Bertz CT molecular complexity index is 318. The van der Waals surface area contributed by atoms with E-state index < -0.39 is 0 Å². The molecular weight excluding hydrogens is 252 g/mol. The fraction of sp³-hybridized carbons (Fsp3) is 0.938. The van der Waals surface area contributed by atoms with Crippen molar-refractivity contribution >= 4 is 5.91 Å². The summed E-state index contributed by atoms with van der Waals surface area (Å²) >= 11 is 0. The summed E-state index contributed by atoms with van der Waals surface area (Å²) in [6.07, 6.45) is 6.92. The van der Waals surface area contributed by atoms with Gasteiger partial charge in [0.15, 0.2) is 0 Å². The van der Waals surface area contributed by atoms with E-state index in [-0.39, 0.29) is 17.9 Å². The van der Waals surface area contributed by atoms with Crippen molar-refractivity contribution in [3.05, 3.63) is 0 Å². The molecule has 0 aromatic rings. The number of hydrogen-bond donors (Lipinski definition) is 2. The molecule has 1 unspecified atom stereocenters. The zero-order valence-corrected chi connectivity index (χ0v) is 13.0. The zero-order chi connectivity index (χ0) is 14.6. The largest absolute Gasteiger partial charge is 0.395 e. The fourth-order valence-electron chi connectivity index (χ4n) is 3.79. The number of nitrogens with zero attached hydrogens (tertiary/aromatic N) is 1. The van der Waals surface area contributed by atoms with Crippen LogP contribution in [0.4, 0.5) is 0 Å². The summed E-state index contributed by atoms with van der Waals surface area (Å²) in [6, 6.07) is 0.352. The molecule has 4 nitrogen and oxygen atoms in total. The maximum Gasteiger partial charge on any atom is 0.228 e. The standard InChI is InChI=1S/C16H30N2O2/c1-16(2,13-6-5-9-17-12-13)15(20)18(10-11-19)14-7-3-4-8-14/h13-14,17,19H,3-12H2,1-2H3. The van der Waals surface area contributed by atoms with Crippen LogP contribution in [-0.2, 0) is 4.79 Å². The first-order valence-electron chi connectivity index (χ1n) is 8.20. The van der Waals surface area contributed by atoms with E-state index in [2.05, 4.69) is 19.2 Å². The van der Waals surface area contributed by atoms with Crippen molar-refractivity contribution < 1.29 is 9.90 Å². The topological polar surface area (TPSA) is 52.6 Å². The van der Waals surface area contributed by atoms with Crippen LogP contribution in [0.5, 0.6) is 0 Å². The minimum Gasteiger partial charge on any atom is -0.395 e. The number of carbonyl (C=O) groups excluding carboxylic acids is 1. The van der Waals surface area contributed by atoms with Crippen LogP contribution in [0.15, 0.2) is 0 Å². The number of hydrogen-bond acceptors (Lipinski definition) is 3. The number of piperidine rings is 1. The van der Waals surface area contributed by atoms with Crippen molar-refractivity contribution in [1.82, 2.24) is 10.2 Å². The first-order valence-corrected chi connectivity index (χ1v) is 8.20. The van der Waals surface area contributed by atoms with Gasteiger partial charge in [-0.05, 0) is 44.7 Å². The van der Waals surface area contributed by atoms with Gasteiger partial charge in [0.25, 0.3) is 0 Å². The van der Waals surface area contributed by atoms with Gasteiger partial charge < -0.3 is 15.3 Å². The summed E-state index contributed by atoms with van der Waals surface area (Å²) < 4.78 is 0. The molecule has 0 aromatic carbocycles. The smallest absolute Gasteiger partial charge is 0.228 e. The Labute approximate surface area is 122 Å². The fourth-order valence-corrected chi connectivity index (χ4v) is 3.79. The maximum absolute atomic E-state index is 13.0. The third-order valence-corrected chi connectivity index (χ3v) is 5.24. The van der Waals surface area contributed by atoms with E-state index in [0.29, 0.717) is 18.5 Å². The molecule has 0 bridgehead atoms. The summed E-state index contributed by atoms with van der Waals surface area (Å²) in [6.45, 7) is 6.76. The van der Waals surface area contributed by atoms with Crippen molar-refractivity contribution in [3.8, 4) is 0 Å². The maximum atomic E-state index is 13.0. The number of aliphatic hydroxyl groups excluding tert-OH is 1. The molecule has 0 aromatic heterocycles. The van der Waals surface area contributed by atoms with E-state index in [1.54, 1.807) is 0 Å². The molecule has 1 aliphatic heterocycles. The number of aliphatic hydroxyl groups is 1. The normalized spacial score (nSPS) is 24.9. The molecule has 2 rings (SSSR count). The average molecular weight is 282 g/mol. The van der Waals surface area contributed by atoms with Crippen LogP contribution in [0.25, 0.3) is 0 Å². The van der Waals surface area contributed by atoms with Gasteiger partial charge >= 0.3 is 0 Å². The number of carbonyl (C=O) groups is 1. The average Bonchev–Trinajstić information content (AvgIpc) is 2.99. The monoisotopic (exact) mass is 282 g/mol. The van der Waals surface area contributed by atoms with E-state index in [4.69, 9.17) is 0 Å². The van der Waals surface area contributed by atoms with Crippen LogP contribution >= 0.6 is 0 Å². The van der Waals surface area contributed by atoms with E-state index in [9.17, 15) is 9.90 Å². The Hall–Kier alpha value is -0.610. The predicted octanol–water partition coefficient (Wildman–Crippen LogP) is 1.78. The lowest BCUT2D eigenvalue weighted by Crippen LogP contribution is -2.52. The molecule has 2 aliphatic rings. The summed E-state index contributed by atoms with van der Waals surface area (Å²) in [5.41, 5.74) is -0.328. The molecule has 1 atom stereocenters. The Balaban J connectivity index is 2.07. The highest BCUT2D eigenvalue weighted by Gasteiger charge is 2.41. The minimum atomic E-state index is -0.328. The van der Waals surface area contributed by atoms with E-state index >= 15 is 0 Å². The van der Waals surface area contributed by atoms with Crippen LogP contribution in [0, 0.1) is 11.3 Å². The number of nitrogens with one attached hydrogen (secondary N) is 1. The Morgan fingerprint density at radius 1 is 1.25 bits per heavy atom. The van der Waals surface area contributed by atoms with Gasteiger partial charge in [0, 0.05) is 18.0 Å². The van der Waals surface area contributed by atoms with E-state index in [0.717, 1.165) is 38.8 Å². The summed E-state index contributed by atoms with van der Waals surface area (Å²) in [5, 5.41) is 12.7. The number of amides is 1. The number of rotatable bonds is 5.